The van der Waals surface area contributed by atoms with Crippen LogP contribution in [0.1, 0.15) is 16.1 Å². The van der Waals surface area contributed by atoms with Crippen LogP contribution >= 0.6 is 58.3 Å². The molecule has 0 aliphatic carbocycles. The van der Waals surface area contributed by atoms with Crippen molar-refractivity contribution in [2.24, 2.45) is 0 Å². The van der Waals surface area contributed by atoms with Gasteiger partial charge in [-0.1, -0.05) is 58.8 Å². The molecule has 0 aliphatic heterocycles. The summed E-state index contributed by atoms with van der Waals surface area (Å²) >= 11 is 15.8. The normalized spacial score (nSPS) is 11.2. The average molecular weight is 501 g/mol. The lowest BCUT2D eigenvalue weighted by atomic mass is 10.2. The molecule has 0 unspecified atom stereocenters. The smallest absolute Gasteiger partial charge is 0.271 e. The molecule has 0 atom stereocenters. The van der Waals surface area contributed by atoms with Crippen molar-refractivity contribution in [2.75, 3.05) is 32.1 Å². The Hall–Kier alpha value is -1.41. The van der Waals surface area contributed by atoms with Gasteiger partial charge >= 0.3 is 0 Å². The van der Waals surface area contributed by atoms with Crippen LogP contribution in [0.3, 0.4) is 0 Å². The largest absolute Gasteiger partial charge is 0.309 e. The van der Waals surface area contributed by atoms with Crippen molar-refractivity contribution in [1.82, 2.24) is 9.88 Å². The fourth-order valence-corrected chi connectivity index (χ4v) is 5.87. The third-order valence-electron chi connectivity index (χ3n) is 4.55. The van der Waals surface area contributed by atoms with Gasteiger partial charge in [0.15, 0.2) is 5.13 Å². The maximum Gasteiger partial charge on any atom is 0.271 e. The minimum atomic E-state index is -0.120. The van der Waals surface area contributed by atoms with Gasteiger partial charge < -0.3 is 4.90 Å². The van der Waals surface area contributed by atoms with Gasteiger partial charge in [-0.3, -0.25) is 9.69 Å². The number of carbonyl (C=O) groups excluding carboxylic acids is 1. The Labute approximate surface area is 199 Å². The Morgan fingerprint density at radius 1 is 1.00 bits per heavy atom. The molecular weight excluding hydrogens is 481 g/mol. The van der Waals surface area contributed by atoms with E-state index in [-0.39, 0.29) is 18.3 Å². The lowest BCUT2D eigenvalue weighted by Crippen LogP contribution is -2.33. The Bertz CT molecular complexity index is 1190. The zero-order valence-electron chi connectivity index (χ0n) is 16.4. The van der Waals surface area contributed by atoms with Crippen LogP contribution in [0.2, 0.25) is 10.0 Å². The van der Waals surface area contributed by atoms with E-state index in [0.29, 0.717) is 26.6 Å². The van der Waals surface area contributed by atoms with Crippen molar-refractivity contribution >= 4 is 89.6 Å². The molecule has 0 fully saturated rings. The standard InChI is InChI=1S/C21H19Cl2N3OS2.ClH/c1-25(2)11-6-12-26(21-24-18-14(22)8-5-10-16(18)29-21)20(27)19-17(23)13-7-3-4-9-15(13)28-19;/h3-5,7-10H,6,11-12H2,1-2H3;1H. The summed E-state index contributed by atoms with van der Waals surface area (Å²) < 4.78 is 1.96. The van der Waals surface area contributed by atoms with Crippen LogP contribution in [0.5, 0.6) is 0 Å². The molecule has 0 radical (unpaired) electrons. The number of anilines is 1. The molecule has 0 saturated heterocycles. The minimum Gasteiger partial charge on any atom is -0.309 e. The molecule has 2 aromatic carbocycles. The lowest BCUT2D eigenvalue weighted by Gasteiger charge is -2.20. The number of fused-ring (bicyclic) bond motifs is 2. The first-order chi connectivity index (χ1) is 14.0. The second kappa shape index (κ2) is 9.81. The van der Waals surface area contributed by atoms with Gasteiger partial charge in [-0.15, -0.1) is 23.7 Å². The van der Waals surface area contributed by atoms with Crippen molar-refractivity contribution in [3.05, 3.63) is 57.4 Å². The van der Waals surface area contributed by atoms with Gasteiger partial charge in [-0.25, -0.2) is 4.98 Å². The SMILES string of the molecule is CN(C)CCCN(C(=O)c1sc2ccccc2c1Cl)c1nc2c(Cl)cccc2s1.Cl. The molecule has 2 aromatic heterocycles. The predicted octanol–water partition coefficient (Wildman–Crippen LogP) is 6.84. The Balaban J connectivity index is 0.00000256. The molecule has 4 nitrogen and oxygen atoms in total. The van der Waals surface area contributed by atoms with Crippen LogP contribution in [0.4, 0.5) is 5.13 Å². The lowest BCUT2D eigenvalue weighted by molar-refractivity contribution is 0.0990. The number of thiophene rings is 1. The molecule has 1 amide bonds. The summed E-state index contributed by atoms with van der Waals surface area (Å²) in [6.07, 6.45) is 0.824. The molecule has 4 rings (SSSR count). The van der Waals surface area contributed by atoms with E-state index >= 15 is 0 Å². The van der Waals surface area contributed by atoms with Crippen molar-refractivity contribution in [3.63, 3.8) is 0 Å². The highest BCUT2D eigenvalue weighted by Gasteiger charge is 2.26. The summed E-state index contributed by atoms with van der Waals surface area (Å²) in [7, 11) is 4.04. The molecule has 0 aliphatic rings. The maximum atomic E-state index is 13.5. The van der Waals surface area contributed by atoms with Crippen LogP contribution in [0, 0.1) is 0 Å². The van der Waals surface area contributed by atoms with E-state index in [4.69, 9.17) is 23.2 Å². The van der Waals surface area contributed by atoms with Crippen LogP contribution in [-0.4, -0.2) is 43.0 Å². The van der Waals surface area contributed by atoms with Gasteiger partial charge in [-0.2, -0.15) is 0 Å². The highest BCUT2D eigenvalue weighted by molar-refractivity contribution is 7.23. The summed E-state index contributed by atoms with van der Waals surface area (Å²) in [5.74, 6) is -0.120. The van der Waals surface area contributed by atoms with E-state index in [1.165, 1.54) is 22.7 Å². The highest BCUT2D eigenvalue weighted by atomic mass is 35.5. The summed E-state index contributed by atoms with van der Waals surface area (Å²) in [6, 6.07) is 13.5. The van der Waals surface area contributed by atoms with E-state index in [0.717, 1.165) is 33.3 Å². The Morgan fingerprint density at radius 3 is 2.43 bits per heavy atom. The van der Waals surface area contributed by atoms with E-state index in [2.05, 4.69) is 9.88 Å². The average Bonchev–Trinajstić information content (AvgIpc) is 3.27. The number of hydrogen-bond acceptors (Lipinski definition) is 5. The molecule has 0 bridgehead atoms. The quantitative estimate of drug-likeness (QED) is 0.291. The number of benzene rings is 2. The number of rotatable bonds is 6. The van der Waals surface area contributed by atoms with Gasteiger partial charge in [0.2, 0.25) is 0 Å². The molecule has 0 N–H and O–H groups in total. The molecule has 158 valence electrons. The summed E-state index contributed by atoms with van der Waals surface area (Å²) in [5.41, 5.74) is 0.724. The van der Waals surface area contributed by atoms with E-state index < -0.39 is 0 Å². The number of carbonyl (C=O) groups is 1. The Kier molecular flexibility index (Phi) is 7.61. The van der Waals surface area contributed by atoms with Gasteiger partial charge in [0, 0.05) is 16.6 Å². The third-order valence-corrected chi connectivity index (χ3v) is 7.56. The zero-order chi connectivity index (χ0) is 20.5. The number of hydrogen-bond donors (Lipinski definition) is 0. The topological polar surface area (TPSA) is 36.4 Å². The first-order valence-electron chi connectivity index (χ1n) is 9.14. The van der Waals surface area contributed by atoms with Crippen LogP contribution < -0.4 is 4.90 Å². The van der Waals surface area contributed by atoms with Crippen molar-refractivity contribution in [2.45, 2.75) is 6.42 Å². The fourth-order valence-electron chi connectivity index (χ4n) is 3.12. The molecular formula is C21H20Cl3N3OS2. The number of thiazole rings is 1. The van der Waals surface area contributed by atoms with Gasteiger partial charge in [0.25, 0.3) is 5.91 Å². The predicted molar refractivity (Wildman–Crippen MR) is 134 cm³/mol. The molecule has 2 heterocycles. The third kappa shape index (κ3) is 4.59. The van der Waals surface area contributed by atoms with Crippen LogP contribution in [-0.2, 0) is 0 Å². The van der Waals surface area contributed by atoms with Crippen LogP contribution in [0.15, 0.2) is 42.5 Å². The molecule has 4 aromatic rings. The Morgan fingerprint density at radius 2 is 1.73 bits per heavy atom. The van der Waals surface area contributed by atoms with Crippen molar-refractivity contribution < 1.29 is 4.79 Å². The second-order valence-electron chi connectivity index (χ2n) is 6.94. The first-order valence-corrected chi connectivity index (χ1v) is 11.5. The number of para-hydroxylation sites is 1. The van der Waals surface area contributed by atoms with Crippen molar-refractivity contribution in [3.8, 4) is 0 Å². The van der Waals surface area contributed by atoms with Gasteiger partial charge in [0.1, 0.15) is 10.4 Å². The summed E-state index contributed by atoms with van der Waals surface area (Å²) in [5, 5.41) is 2.64. The van der Waals surface area contributed by atoms with E-state index in [1.807, 2.05) is 56.6 Å². The molecule has 9 heteroatoms. The number of halogens is 3. The zero-order valence-corrected chi connectivity index (χ0v) is 20.4. The second-order valence-corrected chi connectivity index (χ2v) is 9.78. The number of nitrogens with zero attached hydrogens (tertiary/aromatic N) is 3. The summed E-state index contributed by atoms with van der Waals surface area (Å²) in [4.78, 5) is 22.6. The number of aromatic nitrogens is 1. The molecule has 30 heavy (non-hydrogen) atoms. The summed E-state index contributed by atoms with van der Waals surface area (Å²) in [6.45, 7) is 1.43. The fraction of sp³-hybridized carbons (Fsp3) is 0.238. The minimum absolute atomic E-state index is 0. The van der Waals surface area contributed by atoms with Crippen molar-refractivity contribution in [1.29, 1.82) is 0 Å². The van der Waals surface area contributed by atoms with Gasteiger partial charge in [-0.05, 0) is 45.3 Å². The first kappa shape index (κ1) is 23.3. The maximum absolute atomic E-state index is 13.5. The monoisotopic (exact) mass is 499 g/mol. The van der Waals surface area contributed by atoms with E-state index in [9.17, 15) is 4.79 Å². The molecule has 0 saturated carbocycles. The van der Waals surface area contributed by atoms with Gasteiger partial charge in [0.05, 0.1) is 14.7 Å². The molecule has 0 spiro atoms. The van der Waals surface area contributed by atoms with E-state index in [1.54, 1.807) is 4.90 Å². The van der Waals surface area contributed by atoms with Crippen LogP contribution in [0.25, 0.3) is 20.3 Å². The number of amides is 1. The highest BCUT2D eigenvalue weighted by Crippen LogP contribution is 2.38.